The molecule has 2 rings (SSSR count). The van der Waals surface area contributed by atoms with Crippen LogP contribution >= 0.6 is 11.3 Å². The van der Waals surface area contributed by atoms with Crippen molar-refractivity contribution < 1.29 is 0 Å². The number of anilines is 1. The highest BCUT2D eigenvalue weighted by Gasteiger charge is 2.11. The average Bonchev–Trinajstić information content (AvgIpc) is 2.42. The molecule has 1 aromatic heterocycles. The number of thiophene rings is 1. The standard InChI is InChI=1S/C10H10N4S/c1-11-10-9(14(2)3)8-7(15-10)6-12-4-5-13-8/h5-6H,1H2,2-3H3. The molecular formula is C10H10N4S. The van der Waals surface area contributed by atoms with Crippen LogP contribution < -0.4 is 14.8 Å². The van der Waals surface area contributed by atoms with E-state index in [4.69, 9.17) is 0 Å². The summed E-state index contributed by atoms with van der Waals surface area (Å²) in [5.41, 5.74) is 0.983. The molecule has 0 spiro atoms. The highest BCUT2D eigenvalue weighted by molar-refractivity contribution is 7.14. The van der Waals surface area contributed by atoms with Gasteiger partial charge in [0.2, 0.25) is 0 Å². The largest absolute Gasteiger partial charge is 0.373 e. The lowest BCUT2D eigenvalue weighted by Gasteiger charge is -2.10. The van der Waals surface area contributed by atoms with E-state index in [1.54, 1.807) is 12.4 Å². The van der Waals surface area contributed by atoms with Gasteiger partial charge >= 0.3 is 0 Å². The first-order valence-corrected chi connectivity index (χ1v) is 5.17. The molecule has 1 aromatic rings. The summed E-state index contributed by atoms with van der Waals surface area (Å²) in [6, 6.07) is 0. The minimum Gasteiger partial charge on any atom is -0.373 e. The summed E-state index contributed by atoms with van der Waals surface area (Å²) in [6.45, 7) is 3.56. The molecule has 0 N–H and O–H groups in total. The number of hydrogen-bond donors (Lipinski definition) is 0. The maximum Gasteiger partial charge on any atom is 0.141 e. The molecule has 0 bridgehead atoms. The van der Waals surface area contributed by atoms with E-state index in [2.05, 4.69) is 27.6 Å². The van der Waals surface area contributed by atoms with Gasteiger partial charge in [-0.1, -0.05) is 0 Å². The van der Waals surface area contributed by atoms with Gasteiger partial charge in [-0.3, -0.25) is 4.99 Å². The molecule has 1 aliphatic rings. The molecule has 76 valence electrons. The third-order valence-electron chi connectivity index (χ3n) is 1.97. The van der Waals surface area contributed by atoms with Gasteiger partial charge in [-0.05, 0) is 6.72 Å². The number of fused-ring (bicyclic) bond motifs is 1. The first-order chi connectivity index (χ1) is 7.24. The zero-order chi connectivity index (χ0) is 10.8. The first kappa shape index (κ1) is 9.83. The monoisotopic (exact) mass is 218 g/mol. The van der Waals surface area contributed by atoms with Crippen molar-refractivity contribution in [3.05, 3.63) is 16.1 Å². The second kappa shape index (κ2) is 3.81. The van der Waals surface area contributed by atoms with Crippen molar-refractivity contribution in [3.63, 3.8) is 0 Å². The van der Waals surface area contributed by atoms with Crippen molar-refractivity contribution in [3.8, 4) is 0 Å². The van der Waals surface area contributed by atoms with Crippen molar-refractivity contribution in [2.45, 2.75) is 0 Å². The Morgan fingerprint density at radius 2 is 2.33 bits per heavy atom. The Labute approximate surface area is 91.3 Å². The zero-order valence-corrected chi connectivity index (χ0v) is 9.38. The Bertz CT molecular complexity index is 573. The fourth-order valence-electron chi connectivity index (χ4n) is 1.36. The lowest BCUT2D eigenvalue weighted by Crippen LogP contribution is -2.25. The van der Waals surface area contributed by atoms with Gasteiger partial charge in [0.25, 0.3) is 0 Å². The third-order valence-corrected chi connectivity index (χ3v) is 3.00. The maximum atomic E-state index is 4.30. The van der Waals surface area contributed by atoms with Crippen molar-refractivity contribution in [2.75, 3.05) is 19.0 Å². The van der Waals surface area contributed by atoms with E-state index in [0.717, 1.165) is 20.6 Å². The summed E-state index contributed by atoms with van der Waals surface area (Å²) in [6.07, 6.45) is 3.31. The van der Waals surface area contributed by atoms with E-state index in [9.17, 15) is 0 Å². The van der Waals surface area contributed by atoms with Crippen molar-refractivity contribution >= 4 is 40.8 Å². The van der Waals surface area contributed by atoms with Crippen LogP contribution in [0.4, 0.5) is 10.7 Å². The highest BCUT2D eigenvalue weighted by atomic mass is 32.1. The van der Waals surface area contributed by atoms with Gasteiger partial charge in [0.15, 0.2) is 0 Å². The Hall–Kier alpha value is -1.71. The molecule has 0 unspecified atom stereocenters. The van der Waals surface area contributed by atoms with Crippen LogP contribution in [0.1, 0.15) is 0 Å². The zero-order valence-electron chi connectivity index (χ0n) is 8.56. The van der Waals surface area contributed by atoms with Gasteiger partial charge in [-0.15, -0.1) is 11.3 Å². The Kier molecular flexibility index (Phi) is 2.49. The molecule has 15 heavy (non-hydrogen) atoms. The highest BCUT2D eigenvalue weighted by Crippen LogP contribution is 2.26. The Morgan fingerprint density at radius 1 is 1.53 bits per heavy atom. The van der Waals surface area contributed by atoms with E-state index in [1.807, 2.05) is 19.0 Å². The Balaban J connectivity index is 2.85. The summed E-state index contributed by atoms with van der Waals surface area (Å²) in [7, 11) is 3.92. The molecule has 0 radical (unpaired) electrons. The predicted molar refractivity (Wildman–Crippen MR) is 65.1 cm³/mol. The fraction of sp³-hybridized carbons (Fsp3) is 0.200. The summed E-state index contributed by atoms with van der Waals surface area (Å²) in [5, 5.41) is 1.76. The predicted octanol–water partition coefficient (Wildman–Crippen LogP) is 0.701. The average molecular weight is 218 g/mol. The van der Waals surface area contributed by atoms with Gasteiger partial charge < -0.3 is 4.90 Å². The molecule has 0 aromatic carbocycles. The topological polar surface area (TPSA) is 40.3 Å². The molecule has 0 saturated heterocycles. The molecule has 0 fully saturated rings. The van der Waals surface area contributed by atoms with Gasteiger partial charge in [-0.2, -0.15) is 0 Å². The minimum atomic E-state index is 0.871. The van der Waals surface area contributed by atoms with Gasteiger partial charge in [-0.25, -0.2) is 9.98 Å². The minimum absolute atomic E-state index is 0.871. The smallest absolute Gasteiger partial charge is 0.141 e. The molecular weight excluding hydrogens is 208 g/mol. The van der Waals surface area contributed by atoms with Crippen LogP contribution in [-0.4, -0.2) is 26.7 Å². The quantitative estimate of drug-likeness (QED) is 0.674. The molecule has 0 amide bonds. The molecule has 2 heterocycles. The van der Waals surface area contributed by atoms with Crippen LogP contribution in [0.15, 0.2) is 21.2 Å². The molecule has 1 aliphatic heterocycles. The lowest BCUT2D eigenvalue weighted by molar-refractivity contribution is 1.11. The van der Waals surface area contributed by atoms with Gasteiger partial charge in [0.05, 0.1) is 16.9 Å². The van der Waals surface area contributed by atoms with Gasteiger partial charge in [0.1, 0.15) is 16.0 Å². The number of hydrogen-bond acceptors (Lipinski definition) is 5. The number of rotatable bonds is 2. The number of aliphatic imine (C=N–C) groups is 2. The molecule has 5 heteroatoms. The molecule has 0 saturated carbocycles. The van der Waals surface area contributed by atoms with E-state index >= 15 is 0 Å². The van der Waals surface area contributed by atoms with Crippen LogP contribution in [0.25, 0.3) is 6.20 Å². The maximum absolute atomic E-state index is 4.30. The second-order valence-electron chi connectivity index (χ2n) is 3.17. The normalized spacial score (nSPS) is 12.4. The van der Waals surface area contributed by atoms with E-state index < -0.39 is 0 Å². The summed E-state index contributed by atoms with van der Waals surface area (Å²) in [5.74, 6) is 2.70. The SMILES string of the molecule is C=Nc1sc2c(c1N(C)C)=NC=C=NC=2. The summed E-state index contributed by atoms with van der Waals surface area (Å²) >= 11 is 1.53. The van der Waals surface area contributed by atoms with Crippen LogP contribution in [0.5, 0.6) is 0 Å². The molecule has 4 nitrogen and oxygen atoms in total. The lowest BCUT2D eigenvalue weighted by atomic mass is 10.4. The summed E-state index contributed by atoms with van der Waals surface area (Å²) in [4.78, 5) is 14.2. The molecule has 0 atom stereocenters. The van der Waals surface area contributed by atoms with E-state index in [0.29, 0.717) is 0 Å². The number of nitrogens with zero attached hydrogens (tertiary/aromatic N) is 4. The van der Waals surface area contributed by atoms with Crippen LogP contribution in [0.2, 0.25) is 0 Å². The second-order valence-corrected chi connectivity index (χ2v) is 4.20. The van der Waals surface area contributed by atoms with E-state index in [1.165, 1.54) is 11.3 Å². The Morgan fingerprint density at radius 3 is 3.00 bits per heavy atom. The molecule has 0 aliphatic carbocycles. The van der Waals surface area contributed by atoms with E-state index in [-0.39, 0.29) is 0 Å². The van der Waals surface area contributed by atoms with Crippen LogP contribution in [-0.2, 0) is 0 Å². The van der Waals surface area contributed by atoms with Crippen molar-refractivity contribution in [1.29, 1.82) is 0 Å². The van der Waals surface area contributed by atoms with Crippen LogP contribution in [0, 0.1) is 0 Å². The fourth-order valence-corrected chi connectivity index (χ4v) is 2.36. The van der Waals surface area contributed by atoms with Crippen molar-refractivity contribution in [2.24, 2.45) is 15.0 Å². The first-order valence-electron chi connectivity index (χ1n) is 4.36. The third kappa shape index (κ3) is 1.63. The van der Waals surface area contributed by atoms with Gasteiger partial charge in [0, 0.05) is 20.0 Å². The van der Waals surface area contributed by atoms with Crippen molar-refractivity contribution in [1.82, 2.24) is 0 Å². The van der Waals surface area contributed by atoms with Crippen LogP contribution in [0.3, 0.4) is 0 Å². The summed E-state index contributed by atoms with van der Waals surface area (Å²) < 4.78 is 0.988.